The second-order valence-electron chi connectivity index (χ2n) is 1.90. The number of carbonyl (C=O) groups excluding carboxylic acids is 1. The fourth-order valence-electron chi connectivity index (χ4n) is 0.734. The van der Waals surface area contributed by atoms with Crippen LogP contribution in [0.3, 0.4) is 0 Å². The molecule has 46 valence electrons. The van der Waals surface area contributed by atoms with Gasteiger partial charge in [-0.2, -0.15) is 0 Å². The third kappa shape index (κ3) is 1.05. The summed E-state index contributed by atoms with van der Waals surface area (Å²) < 4.78 is 4.80. The van der Waals surface area contributed by atoms with Crippen LogP contribution in [-0.2, 0) is 9.53 Å². The van der Waals surface area contributed by atoms with Gasteiger partial charge in [-0.15, -0.1) is 0 Å². The van der Waals surface area contributed by atoms with Gasteiger partial charge in [0.05, 0.1) is 12.7 Å². The van der Waals surface area contributed by atoms with Crippen LogP contribution in [0.2, 0.25) is 0 Å². The van der Waals surface area contributed by atoms with E-state index in [4.69, 9.17) is 9.84 Å². The fourth-order valence-corrected chi connectivity index (χ4v) is 0.734. The second kappa shape index (κ2) is 2.24. The van der Waals surface area contributed by atoms with Crippen molar-refractivity contribution in [3.05, 3.63) is 0 Å². The zero-order valence-electron chi connectivity index (χ0n) is 4.41. The van der Waals surface area contributed by atoms with Gasteiger partial charge < -0.3 is 14.6 Å². The highest BCUT2D eigenvalue weighted by Gasteiger charge is 2.22. The average Bonchev–Trinajstić information content (AvgIpc) is 2.14. The highest BCUT2D eigenvalue weighted by molar-refractivity contribution is 5.56. The molecule has 0 aromatic heterocycles. The van der Waals surface area contributed by atoms with Crippen molar-refractivity contribution in [1.29, 1.82) is 0 Å². The van der Waals surface area contributed by atoms with Gasteiger partial charge >= 0.3 is 0 Å². The molecule has 0 spiro atoms. The van der Waals surface area contributed by atoms with Crippen LogP contribution in [0.1, 0.15) is 6.42 Å². The van der Waals surface area contributed by atoms with Crippen LogP contribution in [0.25, 0.3) is 0 Å². The van der Waals surface area contributed by atoms with Gasteiger partial charge in [-0.3, -0.25) is 0 Å². The van der Waals surface area contributed by atoms with Crippen molar-refractivity contribution in [1.82, 2.24) is 0 Å². The number of rotatable bonds is 1. The molecule has 2 atom stereocenters. The first-order valence-electron chi connectivity index (χ1n) is 2.58. The van der Waals surface area contributed by atoms with E-state index < -0.39 is 6.10 Å². The van der Waals surface area contributed by atoms with Gasteiger partial charge in [0, 0.05) is 6.42 Å². The van der Waals surface area contributed by atoms with Gasteiger partial charge in [-0.1, -0.05) is 0 Å². The summed E-state index contributed by atoms with van der Waals surface area (Å²) >= 11 is 0. The number of aldehydes is 1. The molecule has 1 N–H and O–H groups in total. The Balaban J connectivity index is 2.32. The van der Waals surface area contributed by atoms with E-state index in [2.05, 4.69) is 0 Å². The molecule has 0 amide bonds. The molecule has 1 fully saturated rings. The molecule has 1 heterocycles. The molecule has 1 aliphatic heterocycles. The van der Waals surface area contributed by atoms with E-state index in [-0.39, 0.29) is 6.10 Å². The molecular formula is C5H8O3. The Morgan fingerprint density at radius 3 is 2.75 bits per heavy atom. The Labute approximate surface area is 47.3 Å². The summed E-state index contributed by atoms with van der Waals surface area (Å²) in [4.78, 5) is 9.92. The quantitative estimate of drug-likeness (QED) is 0.462. The number of ether oxygens (including phenoxy) is 1. The molecule has 3 nitrogen and oxygen atoms in total. The Morgan fingerprint density at radius 2 is 2.50 bits per heavy atom. The minimum Gasteiger partial charge on any atom is -0.391 e. The lowest BCUT2D eigenvalue weighted by Gasteiger charge is -1.93. The summed E-state index contributed by atoms with van der Waals surface area (Å²) in [5.41, 5.74) is 0. The number of hydrogen-bond acceptors (Lipinski definition) is 3. The summed E-state index contributed by atoms with van der Waals surface area (Å²) in [5, 5.41) is 8.75. The van der Waals surface area contributed by atoms with E-state index in [9.17, 15) is 4.79 Å². The van der Waals surface area contributed by atoms with Gasteiger partial charge in [-0.05, 0) is 0 Å². The number of aliphatic hydroxyl groups excluding tert-OH is 1. The first-order valence-corrected chi connectivity index (χ1v) is 2.58. The van der Waals surface area contributed by atoms with Crippen LogP contribution in [-0.4, -0.2) is 30.2 Å². The van der Waals surface area contributed by atoms with E-state index in [1.807, 2.05) is 0 Å². The topological polar surface area (TPSA) is 46.5 Å². The average molecular weight is 116 g/mol. The molecule has 0 aliphatic carbocycles. The highest BCUT2D eigenvalue weighted by Crippen LogP contribution is 2.09. The lowest BCUT2D eigenvalue weighted by Crippen LogP contribution is -2.06. The summed E-state index contributed by atoms with van der Waals surface area (Å²) in [6.07, 6.45) is 0.398. The summed E-state index contributed by atoms with van der Waals surface area (Å²) in [5.74, 6) is 0. The lowest BCUT2D eigenvalue weighted by molar-refractivity contribution is -0.115. The normalized spacial score (nSPS) is 37.6. The predicted octanol–water partition coefficient (Wildman–Crippen LogP) is -0.665. The third-order valence-corrected chi connectivity index (χ3v) is 1.16. The minimum absolute atomic E-state index is 0.309. The first-order chi connectivity index (χ1) is 3.83. The zero-order chi connectivity index (χ0) is 5.98. The van der Waals surface area contributed by atoms with Gasteiger partial charge in [-0.25, -0.2) is 0 Å². The molecule has 1 rings (SSSR count). The molecule has 0 radical (unpaired) electrons. The molecule has 0 aromatic rings. The number of aliphatic hydroxyl groups is 1. The van der Waals surface area contributed by atoms with Crippen molar-refractivity contribution in [2.24, 2.45) is 0 Å². The van der Waals surface area contributed by atoms with Gasteiger partial charge in [0.25, 0.3) is 0 Å². The van der Waals surface area contributed by atoms with Crippen LogP contribution in [0.15, 0.2) is 0 Å². The third-order valence-electron chi connectivity index (χ3n) is 1.16. The fraction of sp³-hybridized carbons (Fsp3) is 0.800. The van der Waals surface area contributed by atoms with Crippen molar-refractivity contribution in [3.8, 4) is 0 Å². The molecule has 0 bridgehead atoms. The van der Waals surface area contributed by atoms with E-state index in [1.165, 1.54) is 0 Å². The number of carbonyl (C=O) groups is 1. The highest BCUT2D eigenvalue weighted by atomic mass is 16.5. The van der Waals surface area contributed by atoms with Crippen LogP contribution < -0.4 is 0 Å². The van der Waals surface area contributed by atoms with Crippen molar-refractivity contribution in [2.45, 2.75) is 18.6 Å². The summed E-state index contributed by atoms with van der Waals surface area (Å²) in [7, 11) is 0. The maximum atomic E-state index is 9.92. The van der Waals surface area contributed by atoms with Crippen molar-refractivity contribution < 1.29 is 14.6 Å². The number of hydrogen-bond donors (Lipinski definition) is 1. The minimum atomic E-state index is -0.426. The van der Waals surface area contributed by atoms with E-state index in [1.54, 1.807) is 0 Å². The molecular weight excluding hydrogens is 108 g/mol. The van der Waals surface area contributed by atoms with Crippen molar-refractivity contribution in [2.75, 3.05) is 6.61 Å². The standard InChI is InChI=1S/C5H8O3/c6-2-5-1-4(7)3-8-5/h2,4-5,7H,1,3H2/t4?,5-/m1/s1. The molecule has 1 unspecified atom stereocenters. The van der Waals surface area contributed by atoms with E-state index in [0.717, 1.165) is 6.29 Å². The van der Waals surface area contributed by atoms with E-state index in [0.29, 0.717) is 13.0 Å². The van der Waals surface area contributed by atoms with Gasteiger partial charge in [0.1, 0.15) is 12.4 Å². The second-order valence-corrected chi connectivity index (χ2v) is 1.90. The van der Waals surface area contributed by atoms with Crippen LogP contribution >= 0.6 is 0 Å². The van der Waals surface area contributed by atoms with Crippen molar-refractivity contribution in [3.63, 3.8) is 0 Å². The molecule has 1 saturated heterocycles. The van der Waals surface area contributed by atoms with Crippen LogP contribution in [0.5, 0.6) is 0 Å². The summed E-state index contributed by atoms with van der Waals surface area (Å²) in [6, 6.07) is 0. The van der Waals surface area contributed by atoms with E-state index >= 15 is 0 Å². The maximum absolute atomic E-state index is 9.92. The van der Waals surface area contributed by atoms with Crippen LogP contribution in [0, 0.1) is 0 Å². The first kappa shape index (κ1) is 5.72. The smallest absolute Gasteiger partial charge is 0.148 e. The largest absolute Gasteiger partial charge is 0.391 e. The molecule has 0 saturated carbocycles. The monoisotopic (exact) mass is 116 g/mol. The van der Waals surface area contributed by atoms with Crippen LogP contribution in [0.4, 0.5) is 0 Å². The molecule has 8 heavy (non-hydrogen) atoms. The molecule has 3 heteroatoms. The Hall–Kier alpha value is -0.410. The summed E-state index contributed by atoms with van der Waals surface area (Å²) in [6.45, 7) is 0.309. The maximum Gasteiger partial charge on any atom is 0.148 e. The Bertz CT molecular complexity index is 91.7. The Kier molecular flexibility index (Phi) is 1.60. The molecule has 0 aromatic carbocycles. The molecule has 1 aliphatic rings. The lowest BCUT2D eigenvalue weighted by atomic mass is 10.2. The van der Waals surface area contributed by atoms with Crippen molar-refractivity contribution >= 4 is 6.29 Å². The SMILES string of the molecule is O=C[C@H]1CC(O)CO1. The zero-order valence-corrected chi connectivity index (χ0v) is 4.41. The van der Waals surface area contributed by atoms with Gasteiger partial charge in [0.15, 0.2) is 0 Å². The predicted molar refractivity (Wildman–Crippen MR) is 26.4 cm³/mol. The van der Waals surface area contributed by atoms with Gasteiger partial charge in [0.2, 0.25) is 0 Å². The Morgan fingerprint density at radius 1 is 1.75 bits per heavy atom.